The molecule has 5 aromatic rings. The quantitative estimate of drug-likeness (QED) is 0.112. The molecular formula is C30H20N2O5. The highest BCUT2D eigenvalue weighted by atomic mass is 16.6. The van der Waals surface area contributed by atoms with Crippen LogP contribution >= 0.6 is 0 Å². The second-order valence-corrected chi connectivity index (χ2v) is 8.27. The summed E-state index contributed by atoms with van der Waals surface area (Å²) in [5.41, 5.74) is 3.60. The number of Topliss-reactive ketones (excluding diaryl/α,β-unsaturated/α-hetero) is 1. The largest absolute Gasteiger partial charge is 0.454 e. The van der Waals surface area contributed by atoms with Gasteiger partial charge in [0.2, 0.25) is 5.78 Å². The number of non-ortho nitro benzene ring substituents is 1. The van der Waals surface area contributed by atoms with Gasteiger partial charge in [-0.2, -0.15) is 0 Å². The van der Waals surface area contributed by atoms with Crippen molar-refractivity contribution in [3.63, 3.8) is 0 Å². The number of nitro benzene ring substituents is 1. The lowest BCUT2D eigenvalue weighted by atomic mass is 9.91. The van der Waals surface area contributed by atoms with E-state index in [-0.39, 0.29) is 11.3 Å². The molecule has 7 heteroatoms. The molecule has 0 fully saturated rings. The van der Waals surface area contributed by atoms with Crippen LogP contribution in [0.5, 0.6) is 0 Å². The number of nitrogens with zero attached hydrogens (tertiary/aromatic N) is 2. The number of para-hydroxylation sites is 1. The number of nitro groups is 1. The van der Waals surface area contributed by atoms with Crippen LogP contribution in [-0.2, 0) is 4.74 Å². The minimum Gasteiger partial charge on any atom is -0.454 e. The maximum absolute atomic E-state index is 13.6. The Bertz CT molecular complexity index is 1630. The van der Waals surface area contributed by atoms with Gasteiger partial charge < -0.3 is 4.74 Å². The third-order valence-corrected chi connectivity index (χ3v) is 5.92. The third-order valence-electron chi connectivity index (χ3n) is 5.92. The molecule has 0 aliphatic carbocycles. The van der Waals surface area contributed by atoms with Crippen molar-refractivity contribution < 1.29 is 19.2 Å². The molecule has 4 aromatic carbocycles. The summed E-state index contributed by atoms with van der Waals surface area (Å²) in [7, 11) is 0. The summed E-state index contributed by atoms with van der Waals surface area (Å²) in [4.78, 5) is 41.8. The maximum Gasteiger partial charge on any atom is 0.339 e. The third kappa shape index (κ3) is 4.83. The number of benzene rings is 4. The number of pyridine rings is 1. The van der Waals surface area contributed by atoms with Crippen LogP contribution in [-0.4, -0.2) is 28.3 Å². The first-order chi connectivity index (χ1) is 18.0. The fourth-order valence-corrected chi connectivity index (χ4v) is 4.19. The Kier molecular flexibility index (Phi) is 6.50. The minimum atomic E-state index is -0.687. The van der Waals surface area contributed by atoms with E-state index in [1.54, 1.807) is 6.07 Å². The van der Waals surface area contributed by atoms with Crippen molar-refractivity contribution >= 4 is 28.3 Å². The van der Waals surface area contributed by atoms with E-state index in [9.17, 15) is 19.7 Å². The molecule has 0 atom stereocenters. The Morgan fingerprint density at radius 1 is 0.784 bits per heavy atom. The van der Waals surface area contributed by atoms with Crippen molar-refractivity contribution in [3.05, 3.63) is 130 Å². The first-order valence-electron chi connectivity index (χ1n) is 11.5. The summed E-state index contributed by atoms with van der Waals surface area (Å²) in [6, 6.07) is 31.6. The van der Waals surface area contributed by atoms with E-state index in [4.69, 9.17) is 9.72 Å². The number of carbonyl (C=O) groups excluding carboxylic acids is 2. The first kappa shape index (κ1) is 23.6. The summed E-state index contributed by atoms with van der Waals surface area (Å²) >= 11 is 0. The Morgan fingerprint density at radius 3 is 2.14 bits per heavy atom. The van der Waals surface area contributed by atoms with Crippen LogP contribution in [0.2, 0.25) is 0 Å². The second-order valence-electron chi connectivity index (χ2n) is 8.27. The summed E-state index contributed by atoms with van der Waals surface area (Å²) in [5, 5.41) is 11.7. The van der Waals surface area contributed by atoms with E-state index in [0.717, 1.165) is 11.1 Å². The number of rotatable bonds is 7. The average Bonchev–Trinajstić information content (AvgIpc) is 2.95. The Hall–Kier alpha value is -5.17. The molecular weight excluding hydrogens is 468 g/mol. The highest BCUT2D eigenvalue weighted by Crippen LogP contribution is 2.38. The van der Waals surface area contributed by atoms with Gasteiger partial charge in [-0.15, -0.1) is 0 Å². The smallest absolute Gasteiger partial charge is 0.339 e. The van der Waals surface area contributed by atoms with Gasteiger partial charge in [0.25, 0.3) is 5.69 Å². The summed E-state index contributed by atoms with van der Waals surface area (Å²) in [5.74, 6) is -1.23. The zero-order valence-corrected chi connectivity index (χ0v) is 19.5. The van der Waals surface area contributed by atoms with E-state index in [1.807, 2.05) is 78.9 Å². The monoisotopic (exact) mass is 488 g/mol. The van der Waals surface area contributed by atoms with E-state index in [1.165, 1.54) is 24.3 Å². The predicted molar refractivity (Wildman–Crippen MR) is 140 cm³/mol. The number of hydrogen-bond donors (Lipinski definition) is 0. The van der Waals surface area contributed by atoms with Gasteiger partial charge in [-0.05, 0) is 11.6 Å². The Morgan fingerprint density at radius 2 is 1.43 bits per heavy atom. The van der Waals surface area contributed by atoms with Gasteiger partial charge in [0.05, 0.1) is 21.7 Å². The summed E-state index contributed by atoms with van der Waals surface area (Å²) in [6.07, 6.45) is 0. The molecule has 0 unspecified atom stereocenters. The van der Waals surface area contributed by atoms with E-state index in [2.05, 4.69) is 0 Å². The standard InChI is InChI=1S/C30H20N2O5/c33-26(22-14-9-15-23(18-22)32(35)36)19-37-30(34)28-24-16-7-8-17-25(24)31-29(21-12-5-2-6-13-21)27(28)20-10-3-1-4-11-20/h1-18H,19H2. The van der Waals surface area contributed by atoms with E-state index < -0.39 is 23.3 Å². The number of fused-ring (bicyclic) bond motifs is 1. The summed E-state index contributed by atoms with van der Waals surface area (Å²) in [6.45, 7) is -0.564. The van der Waals surface area contributed by atoms with Crippen LogP contribution < -0.4 is 0 Å². The first-order valence-corrected chi connectivity index (χ1v) is 11.5. The highest BCUT2D eigenvalue weighted by molar-refractivity contribution is 6.13. The van der Waals surface area contributed by atoms with E-state index in [0.29, 0.717) is 27.7 Å². The van der Waals surface area contributed by atoms with Gasteiger partial charge in [-0.1, -0.05) is 91.0 Å². The fourth-order valence-electron chi connectivity index (χ4n) is 4.19. The number of ketones is 1. The topological polar surface area (TPSA) is 99.4 Å². The van der Waals surface area contributed by atoms with Crippen LogP contribution in [0.25, 0.3) is 33.3 Å². The molecule has 0 N–H and O–H groups in total. The van der Waals surface area contributed by atoms with E-state index >= 15 is 0 Å². The summed E-state index contributed by atoms with van der Waals surface area (Å²) < 4.78 is 5.52. The predicted octanol–water partition coefficient (Wildman–Crippen LogP) is 6.52. The molecule has 0 bridgehead atoms. The van der Waals surface area contributed by atoms with Crippen LogP contribution in [0.3, 0.4) is 0 Å². The zero-order valence-electron chi connectivity index (χ0n) is 19.5. The van der Waals surface area contributed by atoms with Gasteiger partial charge in [0.1, 0.15) is 0 Å². The fraction of sp³-hybridized carbons (Fsp3) is 0.0333. The van der Waals surface area contributed by atoms with Crippen molar-refractivity contribution in [3.8, 4) is 22.4 Å². The van der Waals surface area contributed by atoms with Crippen LogP contribution in [0.4, 0.5) is 5.69 Å². The zero-order chi connectivity index (χ0) is 25.8. The van der Waals surface area contributed by atoms with Gasteiger partial charge in [-0.3, -0.25) is 14.9 Å². The lowest BCUT2D eigenvalue weighted by Crippen LogP contribution is -2.16. The second kappa shape index (κ2) is 10.2. The molecule has 0 amide bonds. The normalized spacial score (nSPS) is 10.7. The molecule has 0 aliphatic heterocycles. The van der Waals surface area contributed by atoms with Crippen molar-refractivity contribution in [2.75, 3.05) is 6.61 Å². The van der Waals surface area contributed by atoms with Gasteiger partial charge >= 0.3 is 5.97 Å². The average molecular weight is 488 g/mol. The highest BCUT2D eigenvalue weighted by Gasteiger charge is 2.25. The number of ether oxygens (including phenoxy) is 1. The van der Waals surface area contributed by atoms with Crippen molar-refractivity contribution in [1.29, 1.82) is 0 Å². The number of hydrogen-bond acceptors (Lipinski definition) is 6. The molecule has 0 saturated heterocycles. The maximum atomic E-state index is 13.6. The molecule has 0 spiro atoms. The molecule has 180 valence electrons. The molecule has 37 heavy (non-hydrogen) atoms. The van der Waals surface area contributed by atoms with Crippen molar-refractivity contribution in [2.45, 2.75) is 0 Å². The SMILES string of the molecule is O=C(COC(=O)c1c(-c2ccccc2)c(-c2ccccc2)nc2ccccc12)c1cccc([N+](=O)[O-])c1. The van der Waals surface area contributed by atoms with Crippen LogP contribution in [0, 0.1) is 10.1 Å². The number of aromatic nitrogens is 1. The number of esters is 1. The van der Waals surface area contributed by atoms with Crippen LogP contribution in [0.15, 0.2) is 109 Å². The lowest BCUT2D eigenvalue weighted by molar-refractivity contribution is -0.384. The molecule has 0 aliphatic rings. The molecule has 7 nitrogen and oxygen atoms in total. The molecule has 1 heterocycles. The van der Waals surface area contributed by atoms with Crippen LogP contribution in [0.1, 0.15) is 20.7 Å². The molecule has 1 aromatic heterocycles. The Labute approximate surface area is 212 Å². The molecule has 5 rings (SSSR count). The molecule has 0 radical (unpaired) electrons. The minimum absolute atomic E-state index is 0.0924. The molecule has 0 saturated carbocycles. The van der Waals surface area contributed by atoms with Crippen molar-refractivity contribution in [1.82, 2.24) is 4.98 Å². The van der Waals surface area contributed by atoms with Gasteiger partial charge in [0.15, 0.2) is 6.61 Å². The Balaban J connectivity index is 1.60. The van der Waals surface area contributed by atoms with Crippen molar-refractivity contribution in [2.24, 2.45) is 0 Å². The van der Waals surface area contributed by atoms with Gasteiger partial charge in [0, 0.05) is 34.2 Å². The number of carbonyl (C=O) groups is 2. The lowest BCUT2D eigenvalue weighted by Gasteiger charge is -2.17. The van der Waals surface area contributed by atoms with Gasteiger partial charge in [-0.25, -0.2) is 9.78 Å².